The smallest absolute Gasteiger partial charge is 0.326 e. The van der Waals surface area contributed by atoms with Crippen molar-refractivity contribution in [2.75, 3.05) is 13.2 Å². The van der Waals surface area contributed by atoms with E-state index in [1.807, 2.05) is 38.1 Å². The van der Waals surface area contributed by atoms with E-state index in [0.717, 1.165) is 11.1 Å². The highest BCUT2D eigenvalue weighted by Crippen LogP contribution is 2.25. The quantitative estimate of drug-likeness (QED) is 0.785. The van der Waals surface area contributed by atoms with Crippen molar-refractivity contribution in [2.24, 2.45) is 0 Å². The molecule has 7 heteroatoms. The number of nitrogens with zero attached hydrogens (tertiary/aromatic N) is 2. The molecule has 0 fully saturated rings. The molecule has 7 nitrogen and oxygen atoms in total. The van der Waals surface area contributed by atoms with Gasteiger partial charge < -0.3 is 19.6 Å². The molecule has 2 rings (SSSR count). The van der Waals surface area contributed by atoms with Crippen LogP contribution in [0.1, 0.15) is 38.3 Å². The summed E-state index contributed by atoms with van der Waals surface area (Å²) in [5.74, 6) is -1.40. The zero-order chi connectivity index (χ0) is 19.3. The van der Waals surface area contributed by atoms with Gasteiger partial charge in [0, 0.05) is 25.6 Å². The molecule has 1 N–H and O–H groups in total. The van der Waals surface area contributed by atoms with Gasteiger partial charge in [-0.1, -0.05) is 24.3 Å². The van der Waals surface area contributed by atoms with E-state index in [4.69, 9.17) is 4.74 Å². The lowest BCUT2D eigenvalue weighted by Gasteiger charge is -2.39. The Balaban J connectivity index is 2.19. The molecular weight excluding hydrogens is 336 g/mol. The molecular formula is C19H26N2O5. The number of urea groups is 1. The summed E-state index contributed by atoms with van der Waals surface area (Å²) in [5, 5.41) is 9.61. The summed E-state index contributed by atoms with van der Waals surface area (Å²) in [6.45, 7) is 6.15. The van der Waals surface area contributed by atoms with Crippen LogP contribution in [0.5, 0.6) is 0 Å². The molecule has 1 unspecified atom stereocenters. The maximum atomic E-state index is 13.1. The number of carbonyl (C=O) groups is 3. The van der Waals surface area contributed by atoms with Gasteiger partial charge in [-0.15, -0.1) is 0 Å². The van der Waals surface area contributed by atoms with E-state index in [9.17, 15) is 19.5 Å². The van der Waals surface area contributed by atoms with E-state index >= 15 is 0 Å². The number of amides is 2. The Morgan fingerprint density at radius 3 is 2.50 bits per heavy atom. The van der Waals surface area contributed by atoms with E-state index in [-0.39, 0.29) is 44.0 Å². The first kappa shape index (κ1) is 19.8. The lowest BCUT2D eigenvalue weighted by molar-refractivity contribution is -0.144. The van der Waals surface area contributed by atoms with E-state index < -0.39 is 12.0 Å². The molecule has 1 atom stereocenters. The number of ether oxygens (including phenoxy) is 1. The molecule has 0 aromatic heterocycles. The number of benzene rings is 1. The second-order valence-corrected chi connectivity index (χ2v) is 6.58. The fourth-order valence-corrected chi connectivity index (χ4v) is 3.13. The Morgan fingerprint density at radius 1 is 1.27 bits per heavy atom. The molecule has 0 saturated heterocycles. The fourth-order valence-electron chi connectivity index (χ4n) is 3.13. The highest BCUT2D eigenvalue weighted by atomic mass is 16.5. The van der Waals surface area contributed by atoms with Crippen LogP contribution in [0.15, 0.2) is 24.3 Å². The summed E-state index contributed by atoms with van der Waals surface area (Å²) in [5.41, 5.74) is 1.90. The van der Waals surface area contributed by atoms with Gasteiger partial charge in [-0.2, -0.15) is 0 Å². The third-order valence-electron chi connectivity index (χ3n) is 4.51. The SMILES string of the molecule is CCOC(=O)CCN(C(=O)N1Cc2ccccc2CC1C(=O)O)C(C)C. The Labute approximate surface area is 153 Å². The highest BCUT2D eigenvalue weighted by Gasteiger charge is 2.37. The van der Waals surface area contributed by atoms with Crippen molar-refractivity contribution < 1.29 is 24.2 Å². The largest absolute Gasteiger partial charge is 0.480 e. The highest BCUT2D eigenvalue weighted by molar-refractivity contribution is 5.84. The van der Waals surface area contributed by atoms with Crippen molar-refractivity contribution in [1.82, 2.24) is 9.80 Å². The molecule has 0 radical (unpaired) electrons. The van der Waals surface area contributed by atoms with Gasteiger partial charge in [0.2, 0.25) is 0 Å². The van der Waals surface area contributed by atoms with Crippen LogP contribution in [0.25, 0.3) is 0 Å². The van der Waals surface area contributed by atoms with Crippen LogP contribution in [-0.2, 0) is 27.3 Å². The summed E-state index contributed by atoms with van der Waals surface area (Å²) in [6.07, 6.45) is 0.362. The van der Waals surface area contributed by atoms with Crippen LogP contribution in [0.3, 0.4) is 0 Å². The minimum Gasteiger partial charge on any atom is -0.480 e. The Bertz CT molecular complexity index is 674. The second-order valence-electron chi connectivity index (χ2n) is 6.58. The number of esters is 1. The van der Waals surface area contributed by atoms with Crippen molar-refractivity contribution in [1.29, 1.82) is 0 Å². The normalized spacial score (nSPS) is 16.2. The second kappa shape index (κ2) is 8.69. The van der Waals surface area contributed by atoms with Crippen molar-refractivity contribution in [2.45, 2.75) is 52.2 Å². The fraction of sp³-hybridized carbons (Fsp3) is 0.526. The molecule has 1 heterocycles. The van der Waals surface area contributed by atoms with Gasteiger partial charge in [0.05, 0.1) is 13.0 Å². The molecule has 1 aliphatic heterocycles. The number of hydrogen-bond acceptors (Lipinski definition) is 4. The minimum atomic E-state index is -1.03. The van der Waals surface area contributed by atoms with Gasteiger partial charge in [-0.25, -0.2) is 9.59 Å². The Kier molecular flexibility index (Phi) is 6.60. The predicted molar refractivity (Wildman–Crippen MR) is 95.6 cm³/mol. The van der Waals surface area contributed by atoms with Crippen molar-refractivity contribution in [3.63, 3.8) is 0 Å². The number of hydrogen-bond donors (Lipinski definition) is 1. The first-order valence-corrected chi connectivity index (χ1v) is 8.87. The van der Waals surface area contributed by atoms with Crippen molar-refractivity contribution in [3.8, 4) is 0 Å². The zero-order valence-electron chi connectivity index (χ0n) is 15.5. The Morgan fingerprint density at radius 2 is 1.92 bits per heavy atom. The van der Waals surface area contributed by atoms with Gasteiger partial charge in [0.15, 0.2) is 0 Å². The molecule has 142 valence electrons. The molecule has 2 amide bonds. The number of fused-ring (bicyclic) bond motifs is 1. The molecule has 1 aliphatic rings. The van der Waals surface area contributed by atoms with Crippen LogP contribution in [0, 0.1) is 0 Å². The summed E-state index contributed by atoms with van der Waals surface area (Å²) >= 11 is 0. The average molecular weight is 362 g/mol. The Hall–Kier alpha value is -2.57. The van der Waals surface area contributed by atoms with E-state index in [1.165, 1.54) is 9.80 Å². The van der Waals surface area contributed by atoms with Crippen LogP contribution in [0.2, 0.25) is 0 Å². The van der Waals surface area contributed by atoms with E-state index in [2.05, 4.69) is 0 Å². The van der Waals surface area contributed by atoms with E-state index in [1.54, 1.807) is 6.92 Å². The monoisotopic (exact) mass is 362 g/mol. The van der Waals surface area contributed by atoms with Crippen LogP contribution < -0.4 is 0 Å². The number of carboxylic acids is 1. The summed E-state index contributed by atoms with van der Waals surface area (Å²) in [7, 11) is 0. The predicted octanol–water partition coefficient (Wildman–Crippen LogP) is 2.28. The van der Waals surface area contributed by atoms with Gasteiger partial charge in [0.1, 0.15) is 6.04 Å². The van der Waals surface area contributed by atoms with Gasteiger partial charge in [-0.05, 0) is 31.9 Å². The molecule has 0 spiro atoms. The lowest BCUT2D eigenvalue weighted by atomic mass is 9.94. The third kappa shape index (κ3) is 4.53. The van der Waals surface area contributed by atoms with Crippen molar-refractivity contribution in [3.05, 3.63) is 35.4 Å². The standard InChI is InChI=1S/C19H26N2O5/c1-4-26-17(22)9-10-20(13(2)3)19(25)21-12-15-8-6-5-7-14(15)11-16(21)18(23)24/h5-8,13,16H,4,9-12H2,1-3H3,(H,23,24). The number of aliphatic carboxylic acids is 1. The maximum Gasteiger partial charge on any atom is 0.326 e. The zero-order valence-corrected chi connectivity index (χ0v) is 15.5. The molecule has 1 aromatic carbocycles. The van der Waals surface area contributed by atoms with Gasteiger partial charge in [0.25, 0.3) is 0 Å². The summed E-state index contributed by atoms with van der Waals surface area (Å²) < 4.78 is 4.92. The average Bonchev–Trinajstić information content (AvgIpc) is 2.60. The van der Waals surface area contributed by atoms with Gasteiger partial charge >= 0.3 is 18.0 Å². The van der Waals surface area contributed by atoms with Crippen LogP contribution in [-0.4, -0.2) is 58.1 Å². The summed E-state index contributed by atoms with van der Waals surface area (Å²) in [6, 6.07) is 6.11. The third-order valence-corrected chi connectivity index (χ3v) is 4.51. The molecule has 1 aromatic rings. The molecule has 0 saturated carbocycles. The molecule has 0 aliphatic carbocycles. The van der Waals surface area contributed by atoms with Crippen LogP contribution in [0.4, 0.5) is 4.79 Å². The summed E-state index contributed by atoms with van der Waals surface area (Å²) in [4.78, 5) is 39.4. The van der Waals surface area contributed by atoms with Crippen molar-refractivity contribution >= 4 is 18.0 Å². The lowest BCUT2D eigenvalue weighted by Crippen LogP contribution is -2.55. The first-order chi connectivity index (χ1) is 12.3. The minimum absolute atomic E-state index is 0.0833. The molecule has 26 heavy (non-hydrogen) atoms. The first-order valence-electron chi connectivity index (χ1n) is 8.87. The number of rotatable bonds is 6. The van der Waals surface area contributed by atoms with Gasteiger partial charge in [-0.3, -0.25) is 4.79 Å². The number of carboxylic acid groups (broad SMARTS) is 1. The van der Waals surface area contributed by atoms with E-state index in [0.29, 0.717) is 6.61 Å². The van der Waals surface area contributed by atoms with Crippen LogP contribution >= 0.6 is 0 Å². The topological polar surface area (TPSA) is 87.2 Å². The number of carbonyl (C=O) groups excluding carboxylic acids is 2. The maximum absolute atomic E-state index is 13.1. The molecule has 0 bridgehead atoms.